The highest BCUT2D eigenvalue weighted by molar-refractivity contribution is 6.31. The van der Waals surface area contributed by atoms with Gasteiger partial charge in [-0.25, -0.2) is 0 Å². The Kier molecular flexibility index (Phi) is 5.46. The Morgan fingerprint density at radius 3 is 2.88 bits per heavy atom. The Balaban J connectivity index is 1.91. The Bertz CT molecular complexity index is 882. The Labute approximate surface area is 151 Å². The molecule has 1 amide bonds. The van der Waals surface area contributed by atoms with Crippen LogP contribution >= 0.6 is 11.6 Å². The van der Waals surface area contributed by atoms with E-state index in [2.05, 4.69) is 5.32 Å². The van der Waals surface area contributed by atoms with Crippen molar-refractivity contribution < 1.29 is 13.9 Å². The molecular weight excluding hydrogens is 340 g/mol. The van der Waals surface area contributed by atoms with Crippen molar-refractivity contribution in [1.29, 1.82) is 0 Å². The van der Waals surface area contributed by atoms with Crippen molar-refractivity contribution in [2.24, 2.45) is 0 Å². The summed E-state index contributed by atoms with van der Waals surface area (Å²) in [6, 6.07) is 11.4. The molecule has 3 aromatic rings. The number of ether oxygens (including phenoxy) is 1. The number of nitrogens with zero attached hydrogens (tertiary/aromatic N) is 1. The number of amides is 1. The maximum atomic E-state index is 12.6. The summed E-state index contributed by atoms with van der Waals surface area (Å²) < 4.78 is 12.6. The van der Waals surface area contributed by atoms with Crippen LogP contribution in [0.5, 0.6) is 0 Å². The van der Waals surface area contributed by atoms with Crippen LogP contribution in [0.1, 0.15) is 28.2 Å². The molecule has 132 valence electrons. The van der Waals surface area contributed by atoms with E-state index in [0.717, 1.165) is 23.3 Å². The van der Waals surface area contributed by atoms with Gasteiger partial charge in [-0.2, -0.15) is 0 Å². The van der Waals surface area contributed by atoms with E-state index >= 15 is 0 Å². The average molecular weight is 361 g/mol. The summed E-state index contributed by atoms with van der Waals surface area (Å²) >= 11 is 6.30. The predicted molar refractivity (Wildman–Crippen MR) is 98.3 cm³/mol. The number of aryl methyl sites for hydroxylation is 1. The van der Waals surface area contributed by atoms with Gasteiger partial charge in [0.1, 0.15) is 11.5 Å². The number of fused-ring (bicyclic) bond motifs is 1. The second kappa shape index (κ2) is 7.76. The van der Waals surface area contributed by atoms with E-state index < -0.39 is 0 Å². The number of carbonyl (C=O) groups excluding carboxylic acids is 1. The van der Waals surface area contributed by atoms with Crippen molar-refractivity contribution in [3.63, 3.8) is 0 Å². The number of rotatable bonds is 7. The lowest BCUT2D eigenvalue weighted by molar-refractivity contribution is 0.0940. The number of carbonyl (C=O) groups is 1. The number of furan rings is 1. The number of aromatic nitrogens is 1. The van der Waals surface area contributed by atoms with Crippen molar-refractivity contribution in [2.75, 3.05) is 20.3 Å². The van der Waals surface area contributed by atoms with Gasteiger partial charge < -0.3 is 19.0 Å². The molecule has 0 aliphatic heterocycles. The summed E-state index contributed by atoms with van der Waals surface area (Å²) in [6.07, 6.45) is 0.767. The fraction of sp³-hybridized carbons (Fsp3) is 0.316. The Morgan fingerprint density at radius 2 is 2.12 bits per heavy atom. The lowest BCUT2D eigenvalue weighted by Crippen LogP contribution is -2.27. The molecule has 0 unspecified atom stereocenters. The van der Waals surface area contributed by atoms with Gasteiger partial charge in [0.25, 0.3) is 5.91 Å². The maximum absolute atomic E-state index is 12.6. The zero-order valence-electron chi connectivity index (χ0n) is 14.3. The van der Waals surface area contributed by atoms with Gasteiger partial charge in [-0.1, -0.05) is 29.8 Å². The van der Waals surface area contributed by atoms with Gasteiger partial charge in [0, 0.05) is 44.0 Å². The van der Waals surface area contributed by atoms with Crippen LogP contribution in [-0.2, 0) is 11.3 Å². The van der Waals surface area contributed by atoms with Crippen molar-refractivity contribution >= 4 is 28.6 Å². The number of halogens is 1. The van der Waals surface area contributed by atoms with Crippen molar-refractivity contribution in [2.45, 2.75) is 19.9 Å². The molecule has 0 atom stereocenters. The van der Waals surface area contributed by atoms with Crippen molar-refractivity contribution in [1.82, 2.24) is 9.88 Å². The molecule has 0 saturated heterocycles. The molecule has 0 spiro atoms. The van der Waals surface area contributed by atoms with Crippen LogP contribution in [0.15, 0.2) is 40.8 Å². The van der Waals surface area contributed by atoms with E-state index in [0.29, 0.717) is 36.0 Å². The van der Waals surface area contributed by atoms with Gasteiger partial charge in [0.05, 0.1) is 5.52 Å². The van der Waals surface area contributed by atoms with Crippen LogP contribution in [0.4, 0.5) is 0 Å². The fourth-order valence-electron chi connectivity index (χ4n) is 2.83. The summed E-state index contributed by atoms with van der Waals surface area (Å²) in [5.41, 5.74) is 3.10. The Hall–Kier alpha value is -2.24. The zero-order chi connectivity index (χ0) is 17.8. The van der Waals surface area contributed by atoms with E-state index in [1.54, 1.807) is 13.2 Å². The van der Waals surface area contributed by atoms with Gasteiger partial charge in [0.2, 0.25) is 0 Å². The van der Waals surface area contributed by atoms with E-state index in [4.69, 9.17) is 20.8 Å². The molecule has 5 nitrogen and oxygen atoms in total. The summed E-state index contributed by atoms with van der Waals surface area (Å²) in [5, 5.41) is 3.60. The lowest BCUT2D eigenvalue weighted by Gasteiger charge is -2.11. The maximum Gasteiger partial charge on any atom is 0.268 e. The number of benzene rings is 1. The average Bonchev–Trinajstić information content (AvgIpc) is 3.11. The molecule has 2 heterocycles. The first-order valence-corrected chi connectivity index (χ1v) is 8.58. The molecule has 2 aromatic heterocycles. The van der Waals surface area contributed by atoms with Gasteiger partial charge in [0.15, 0.2) is 5.58 Å². The van der Waals surface area contributed by atoms with Gasteiger partial charge in [-0.15, -0.1) is 0 Å². The molecule has 0 aliphatic carbocycles. The van der Waals surface area contributed by atoms with Crippen LogP contribution in [0.2, 0.25) is 5.02 Å². The minimum atomic E-state index is -0.132. The van der Waals surface area contributed by atoms with Crippen LogP contribution in [0.3, 0.4) is 0 Å². The topological polar surface area (TPSA) is 56.4 Å². The normalized spacial score (nSPS) is 11.2. The molecular formula is C19H21ClN2O3. The molecule has 0 radical (unpaired) electrons. The third-order valence-corrected chi connectivity index (χ3v) is 4.41. The van der Waals surface area contributed by atoms with Crippen LogP contribution in [0, 0.1) is 6.92 Å². The summed E-state index contributed by atoms with van der Waals surface area (Å²) in [4.78, 5) is 12.6. The molecule has 6 heteroatoms. The second-order valence-corrected chi connectivity index (χ2v) is 6.32. The molecule has 1 N–H and O–H groups in total. The smallest absolute Gasteiger partial charge is 0.268 e. The second-order valence-electron chi connectivity index (χ2n) is 5.92. The van der Waals surface area contributed by atoms with Crippen LogP contribution in [-0.4, -0.2) is 30.7 Å². The monoisotopic (exact) mass is 360 g/mol. The third-order valence-electron chi connectivity index (χ3n) is 4.04. The molecule has 25 heavy (non-hydrogen) atoms. The molecule has 0 saturated carbocycles. The van der Waals surface area contributed by atoms with Crippen molar-refractivity contribution in [3.05, 3.63) is 58.4 Å². The summed E-state index contributed by atoms with van der Waals surface area (Å²) in [5.74, 6) is 0.678. The first kappa shape index (κ1) is 17.6. The van der Waals surface area contributed by atoms with Gasteiger partial charge in [-0.3, -0.25) is 4.79 Å². The lowest BCUT2D eigenvalue weighted by atomic mass is 10.2. The quantitative estimate of drug-likeness (QED) is 0.648. The third kappa shape index (κ3) is 3.89. The Morgan fingerprint density at radius 1 is 1.32 bits per heavy atom. The standard InChI is InChI=1S/C19H21ClN2O3/c1-13-10-16-18(25-13)11-17(19(23)21-8-5-9-24-2)22(16)12-14-6-3-4-7-15(14)20/h3-4,6-7,10-11H,5,8-9,12H2,1-2H3,(H,21,23). The predicted octanol–water partition coefficient (Wildman–Crippen LogP) is 4.01. The van der Waals surface area contributed by atoms with Crippen molar-refractivity contribution in [3.8, 4) is 0 Å². The minimum absolute atomic E-state index is 0.132. The largest absolute Gasteiger partial charge is 0.460 e. The highest BCUT2D eigenvalue weighted by Crippen LogP contribution is 2.26. The summed E-state index contributed by atoms with van der Waals surface area (Å²) in [7, 11) is 1.65. The molecule has 0 aliphatic rings. The minimum Gasteiger partial charge on any atom is -0.460 e. The SMILES string of the molecule is COCCCNC(=O)c1cc2oc(C)cc2n1Cc1ccccc1Cl. The molecule has 1 aromatic carbocycles. The van der Waals surface area contributed by atoms with Crippen LogP contribution in [0.25, 0.3) is 11.1 Å². The molecule has 3 rings (SSSR count). The molecule has 0 bridgehead atoms. The number of methoxy groups -OCH3 is 1. The highest BCUT2D eigenvalue weighted by Gasteiger charge is 2.19. The summed E-state index contributed by atoms with van der Waals surface area (Å²) in [6.45, 7) is 3.57. The van der Waals surface area contributed by atoms with E-state index in [1.165, 1.54) is 0 Å². The first-order chi connectivity index (χ1) is 12.1. The van der Waals surface area contributed by atoms with E-state index in [1.807, 2.05) is 41.8 Å². The number of nitrogens with one attached hydrogen (secondary N) is 1. The highest BCUT2D eigenvalue weighted by atomic mass is 35.5. The van der Waals surface area contributed by atoms with E-state index in [-0.39, 0.29) is 5.91 Å². The van der Waals surface area contributed by atoms with Gasteiger partial charge in [-0.05, 0) is 25.0 Å². The molecule has 0 fully saturated rings. The number of hydrogen-bond donors (Lipinski definition) is 1. The first-order valence-electron chi connectivity index (χ1n) is 8.20. The zero-order valence-corrected chi connectivity index (χ0v) is 15.1. The van der Waals surface area contributed by atoms with Gasteiger partial charge >= 0.3 is 0 Å². The fourth-order valence-corrected chi connectivity index (χ4v) is 3.02. The number of hydrogen-bond acceptors (Lipinski definition) is 3. The van der Waals surface area contributed by atoms with E-state index in [9.17, 15) is 4.79 Å². The van der Waals surface area contributed by atoms with Crippen LogP contribution < -0.4 is 5.32 Å².